The molecule has 3 amide bonds. The van der Waals surface area contributed by atoms with E-state index in [0.717, 1.165) is 68.1 Å². The standard InChI is InChI=1S/C30H49N3O4/c1-8-9-10-14-19-33(28(35)23(4)31-29(36)37-30(5,6)7)26(25-18-17-21(2)20-22(25)3)27(34)32-24-15-12-11-13-16-24/h17-18,20,23-24,26H,8-16,19H2,1-7H3,(H,31,36)(H,32,34). The topological polar surface area (TPSA) is 87.7 Å². The minimum Gasteiger partial charge on any atom is -0.444 e. The summed E-state index contributed by atoms with van der Waals surface area (Å²) in [6.45, 7) is 13.6. The number of benzene rings is 1. The Morgan fingerprint density at radius 1 is 1.05 bits per heavy atom. The molecule has 0 spiro atoms. The average Bonchev–Trinajstić information content (AvgIpc) is 2.80. The van der Waals surface area contributed by atoms with Gasteiger partial charge in [0.05, 0.1) is 0 Å². The molecule has 1 saturated carbocycles. The zero-order valence-electron chi connectivity index (χ0n) is 24.1. The van der Waals surface area contributed by atoms with Crippen LogP contribution in [0.2, 0.25) is 0 Å². The highest BCUT2D eigenvalue weighted by Gasteiger charge is 2.36. The van der Waals surface area contributed by atoms with E-state index in [2.05, 4.69) is 23.6 Å². The van der Waals surface area contributed by atoms with Crippen molar-refractivity contribution < 1.29 is 19.1 Å². The number of aryl methyl sites for hydroxylation is 2. The van der Waals surface area contributed by atoms with Crippen LogP contribution in [0.4, 0.5) is 4.79 Å². The van der Waals surface area contributed by atoms with E-state index < -0.39 is 23.8 Å². The van der Waals surface area contributed by atoms with Gasteiger partial charge in [-0.3, -0.25) is 9.59 Å². The van der Waals surface area contributed by atoms with Gasteiger partial charge in [0.15, 0.2) is 0 Å². The van der Waals surface area contributed by atoms with E-state index in [1.54, 1.807) is 32.6 Å². The second-order valence-corrected chi connectivity index (χ2v) is 11.6. The van der Waals surface area contributed by atoms with Crippen LogP contribution in [0.25, 0.3) is 0 Å². The molecule has 208 valence electrons. The Labute approximate surface area is 224 Å². The number of hydrogen-bond donors (Lipinski definition) is 2. The number of amides is 3. The Bertz CT molecular complexity index is 903. The highest BCUT2D eigenvalue weighted by molar-refractivity contribution is 5.92. The van der Waals surface area contributed by atoms with Crippen LogP contribution in [-0.2, 0) is 14.3 Å². The maximum absolute atomic E-state index is 13.9. The first-order chi connectivity index (χ1) is 17.4. The van der Waals surface area contributed by atoms with Crippen LogP contribution in [0.1, 0.15) is 115 Å². The smallest absolute Gasteiger partial charge is 0.408 e. The first-order valence-electron chi connectivity index (χ1n) is 14.1. The molecule has 1 aliphatic carbocycles. The lowest BCUT2D eigenvalue weighted by atomic mass is 9.93. The molecule has 1 aromatic carbocycles. The Balaban J connectivity index is 2.39. The van der Waals surface area contributed by atoms with Gasteiger partial charge >= 0.3 is 6.09 Å². The Morgan fingerprint density at radius 2 is 1.73 bits per heavy atom. The number of rotatable bonds is 11. The number of alkyl carbamates (subject to hydrolysis) is 1. The molecule has 0 saturated heterocycles. The minimum atomic E-state index is -0.836. The first-order valence-corrected chi connectivity index (χ1v) is 14.1. The number of carbonyl (C=O) groups is 3. The summed E-state index contributed by atoms with van der Waals surface area (Å²) in [5, 5.41) is 5.95. The van der Waals surface area contributed by atoms with E-state index in [-0.39, 0.29) is 17.9 Å². The molecule has 2 atom stereocenters. The minimum absolute atomic E-state index is 0.129. The van der Waals surface area contributed by atoms with Gasteiger partial charge < -0.3 is 20.3 Å². The summed E-state index contributed by atoms with van der Waals surface area (Å²) in [5.74, 6) is -0.432. The van der Waals surface area contributed by atoms with E-state index in [9.17, 15) is 14.4 Å². The maximum atomic E-state index is 13.9. The van der Waals surface area contributed by atoms with Gasteiger partial charge in [0, 0.05) is 12.6 Å². The van der Waals surface area contributed by atoms with Crippen LogP contribution in [0, 0.1) is 13.8 Å². The number of ether oxygens (including phenoxy) is 1. The predicted octanol–water partition coefficient (Wildman–Crippen LogP) is 6.12. The molecular formula is C30H49N3O4. The normalized spacial score (nSPS) is 16.0. The van der Waals surface area contributed by atoms with E-state index in [1.807, 2.05) is 26.0 Å². The van der Waals surface area contributed by atoms with Gasteiger partial charge in [0.25, 0.3) is 0 Å². The van der Waals surface area contributed by atoms with Gasteiger partial charge in [-0.1, -0.05) is 69.2 Å². The first kappa shape index (κ1) is 30.7. The second kappa shape index (κ2) is 14.4. The van der Waals surface area contributed by atoms with Crippen molar-refractivity contribution in [2.75, 3.05) is 6.54 Å². The van der Waals surface area contributed by atoms with Crippen LogP contribution in [-0.4, -0.2) is 47.0 Å². The third-order valence-electron chi connectivity index (χ3n) is 6.87. The Kier molecular flexibility index (Phi) is 11.9. The lowest BCUT2D eigenvalue weighted by Crippen LogP contribution is -2.53. The summed E-state index contributed by atoms with van der Waals surface area (Å²) < 4.78 is 5.38. The fourth-order valence-corrected chi connectivity index (χ4v) is 4.98. The largest absolute Gasteiger partial charge is 0.444 e. The van der Waals surface area contributed by atoms with Crippen molar-refractivity contribution in [1.82, 2.24) is 15.5 Å². The lowest BCUT2D eigenvalue weighted by Gasteiger charge is -2.36. The van der Waals surface area contributed by atoms with E-state index in [4.69, 9.17) is 4.74 Å². The average molecular weight is 516 g/mol. The number of nitrogens with one attached hydrogen (secondary N) is 2. The third-order valence-corrected chi connectivity index (χ3v) is 6.87. The van der Waals surface area contributed by atoms with E-state index in [0.29, 0.717) is 6.54 Å². The number of nitrogens with zero attached hydrogens (tertiary/aromatic N) is 1. The molecule has 1 fully saturated rings. The molecule has 7 heteroatoms. The Hall–Kier alpha value is -2.57. The van der Waals surface area contributed by atoms with Crippen molar-refractivity contribution >= 4 is 17.9 Å². The van der Waals surface area contributed by atoms with Gasteiger partial charge in [-0.15, -0.1) is 0 Å². The van der Waals surface area contributed by atoms with Crippen molar-refractivity contribution in [2.24, 2.45) is 0 Å². The quantitative estimate of drug-likeness (QED) is 0.348. The second-order valence-electron chi connectivity index (χ2n) is 11.6. The van der Waals surface area contributed by atoms with E-state index >= 15 is 0 Å². The molecule has 0 radical (unpaired) electrons. The van der Waals surface area contributed by atoms with Crippen molar-refractivity contribution in [3.8, 4) is 0 Å². The molecule has 0 bridgehead atoms. The molecule has 0 heterocycles. The summed E-state index contributed by atoms with van der Waals surface area (Å²) >= 11 is 0. The highest BCUT2D eigenvalue weighted by atomic mass is 16.6. The molecule has 2 rings (SSSR count). The van der Waals surface area contributed by atoms with Crippen molar-refractivity contribution in [3.63, 3.8) is 0 Å². The zero-order valence-corrected chi connectivity index (χ0v) is 24.1. The highest BCUT2D eigenvalue weighted by Crippen LogP contribution is 2.28. The van der Waals surface area contributed by atoms with Crippen LogP contribution < -0.4 is 10.6 Å². The SMILES string of the molecule is CCCCCCN(C(=O)C(C)NC(=O)OC(C)(C)C)C(C(=O)NC1CCCCC1)c1ccc(C)cc1C. The van der Waals surface area contributed by atoms with Crippen LogP contribution in [0.5, 0.6) is 0 Å². The predicted molar refractivity (Wildman–Crippen MR) is 148 cm³/mol. The van der Waals surface area contributed by atoms with Crippen LogP contribution in [0.3, 0.4) is 0 Å². The molecule has 1 aliphatic rings. The van der Waals surface area contributed by atoms with Gasteiger partial charge in [-0.05, 0) is 71.9 Å². The number of hydrogen-bond acceptors (Lipinski definition) is 4. The molecule has 0 aliphatic heterocycles. The molecule has 0 aromatic heterocycles. The summed E-state index contributed by atoms with van der Waals surface area (Å²) in [5.41, 5.74) is 2.23. The zero-order chi connectivity index (χ0) is 27.6. The number of carbonyl (C=O) groups excluding carboxylic acids is 3. The third kappa shape index (κ3) is 10.0. The molecule has 2 N–H and O–H groups in total. The van der Waals surface area contributed by atoms with Gasteiger partial charge in [-0.2, -0.15) is 0 Å². The van der Waals surface area contributed by atoms with E-state index in [1.165, 1.54) is 6.42 Å². The molecule has 1 aromatic rings. The molecule has 37 heavy (non-hydrogen) atoms. The molecule has 2 unspecified atom stereocenters. The molecule has 7 nitrogen and oxygen atoms in total. The molecular weight excluding hydrogens is 466 g/mol. The van der Waals surface area contributed by atoms with Gasteiger partial charge in [0.1, 0.15) is 17.7 Å². The van der Waals surface area contributed by atoms with Crippen molar-refractivity contribution in [2.45, 2.75) is 130 Å². The lowest BCUT2D eigenvalue weighted by molar-refractivity contribution is -0.142. The summed E-state index contributed by atoms with van der Waals surface area (Å²) in [6.07, 6.45) is 8.60. The summed E-state index contributed by atoms with van der Waals surface area (Å²) in [6, 6.07) is 4.54. The Morgan fingerprint density at radius 3 is 2.32 bits per heavy atom. The van der Waals surface area contributed by atoms with Crippen molar-refractivity contribution in [1.29, 1.82) is 0 Å². The fraction of sp³-hybridized carbons (Fsp3) is 0.700. The van der Waals surface area contributed by atoms with Crippen LogP contribution in [0.15, 0.2) is 18.2 Å². The summed E-state index contributed by atoms with van der Waals surface area (Å²) in [7, 11) is 0. The van der Waals surface area contributed by atoms with Crippen molar-refractivity contribution in [3.05, 3.63) is 34.9 Å². The fourth-order valence-electron chi connectivity index (χ4n) is 4.98. The van der Waals surface area contributed by atoms with Gasteiger partial charge in [0.2, 0.25) is 11.8 Å². The monoisotopic (exact) mass is 515 g/mol. The summed E-state index contributed by atoms with van der Waals surface area (Å²) in [4.78, 5) is 41.9. The van der Waals surface area contributed by atoms with Gasteiger partial charge in [-0.25, -0.2) is 4.79 Å². The number of unbranched alkanes of at least 4 members (excludes halogenated alkanes) is 3. The van der Waals surface area contributed by atoms with Crippen LogP contribution >= 0.6 is 0 Å². The maximum Gasteiger partial charge on any atom is 0.408 e.